The van der Waals surface area contributed by atoms with E-state index in [0.29, 0.717) is 25.8 Å². The average molecular weight is 299 g/mol. The molecule has 2 N–H and O–H groups in total. The molecule has 0 fully saturated rings. The van der Waals surface area contributed by atoms with Crippen LogP contribution in [0.4, 0.5) is 0 Å². The van der Waals surface area contributed by atoms with Gasteiger partial charge in [0.15, 0.2) is 0 Å². The summed E-state index contributed by atoms with van der Waals surface area (Å²) in [5, 5.41) is 15.3. The highest BCUT2D eigenvalue weighted by molar-refractivity contribution is 7.09. The molecule has 0 amide bonds. The molecule has 0 saturated heterocycles. The molecule has 0 aliphatic rings. The lowest BCUT2D eigenvalue weighted by molar-refractivity contribution is 0.0287. The summed E-state index contributed by atoms with van der Waals surface area (Å²) in [6.07, 6.45) is 5.95. The van der Waals surface area contributed by atoms with Crippen molar-refractivity contribution in [3.8, 4) is 0 Å². The highest BCUT2D eigenvalue weighted by Gasteiger charge is 2.07. The Bertz CT molecular complexity index is 316. The molecule has 0 aliphatic heterocycles. The van der Waals surface area contributed by atoms with Crippen molar-refractivity contribution in [2.75, 3.05) is 13.2 Å². The van der Waals surface area contributed by atoms with Gasteiger partial charge >= 0.3 is 0 Å². The Morgan fingerprint density at radius 1 is 1.35 bits per heavy atom. The summed E-state index contributed by atoms with van der Waals surface area (Å²) >= 11 is 1.68. The molecule has 1 aromatic heterocycles. The molecule has 0 bridgehead atoms. The van der Waals surface area contributed by atoms with Gasteiger partial charge in [0.05, 0.1) is 19.3 Å². The number of thiophene rings is 1. The molecule has 1 rings (SSSR count). The van der Waals surface area contributed by atoms with Crippen molar-refractivity contribution < 1.29 is 9.84 Å². The third-order valence-electron chi connectivity index (χ3n) is 3.33. The van der Waals surface area contributed by atoms with Crippen LogP contribution in [-0.4, -0.2) is 30.4 Å². The van der Waals surface area contributed by atoms with Gasteiger partial charge in [-0.1, -0.05) is 38.7 Å². The second-order valence-electron chi connectivity index (χ2n) is 5.41. The Hall–Kier alpha value is -0.420. The molecule has 0 aromatic carbocycles. The molecular formula is C16H29NO2S. The van der Waals surface area contributed by atoms with Crippen LogP contribution < -0.4 is 5.32 Å². The van der Waals surface area contributed by atoms with Crippen LogP contribution in [0.15, 0.2) is 17.5 Å². The summed E-state index contributed by atoms with van der Waals surface area (Å²) in [6.45, 7) is 6.02. The van der Waals surface area contributed by atoms with E-state index in [1.807, 2.05) is 17.5 Å². The minimum atomic E-state index is -0.423. The van der Waals surface area contributed by atoms with Gasteiger partial charge < -0.3 is 15.2 Å². The number of unbranched alkanes of at least 4 members (excludes halogenated alkanes) is 3. The number of ether oxygens (including phenoxy) is 1. The Balaban J connectivity index is 1.97. The van der Waals surface area contributed by atoms with E-state index in [-0.39, 0.29) is 0 Å². The van der Waals surface area contributed by atoms with Crippen LogP contribution in [0.1, 0.15) is 50.8 Å². The summed E-state index contributed by atoms with van der Waals surface area (Å²) in [5.41, 5.74) is 0. The number of hydrogen-bond donors (Lipinski definition) is 2. The highest BCUT2D eigenvalue weighted by Crippen LogP contribution is 2.09. The van der Waals surface area contributed by atoms with Crippen molar-refractivity contribution in [2.45, 2.75) is 64.7 Å². The van der Waals surface area contributed by atoms with E-state index < -0.39 is 6.10 Å². The van der Waals surface area contributed by atoms with E-state index in [9.17, 15) is 5.11 Å². The van der Waals surface area contributed by atoms with Crippen LogP contribution in [0.2, 0.25) is 0 Å². The van der Waals surface area contributed by atoms with E-state index in [0.717, 1.165) is 0 Å². The SMILES string of the molecule is CCCCCCC(C)NCC(O)COCc1cccs1. The lowest BCUT2D eigenvalue weighted by Gasteiger charge is -2.17. The zero-order valence-corrected chi connectivity index (χ0v) is 13.6. The Morgan fingerprint density at radius 2 is 2.20 bits per heavy atom. The minimum absolute atomic E-state index is 0.396. The molecule has 1 heterocycles. The van der Waals surface area contributed by atoms with Crippen LogP contribution in [0, 0.1) is 0 Å². The molecule has 20 heavy (non-hydrogen) atoms. The first-order valence-electron chi connectivity index (χ1n) is 7.74. The molecule has 3 nitrogen and oxygen atoms in total. The van der Waals surface area contributed by atoms with Gasteiger partial charge in [0.2, 0.25) is 0 Å². The third-order valence-corrected chi connectivity index (χ3v) is 4.18. The lowest BCUT2D eigenvalue weighted by atomic mass is 10.1. The molecule has 1 aromatic rings. The topological polar surface area (TPSA) is 41.5 Å². The number of aliphatic hydroxyl groups excluding tert-OH is 1. The first-order valence-corrected chi connectivity index (χ1v) is 8.62. The molecule has 2 atom stereocenters. The van der Waals surface area contributed by atoms with Crippen LogP contribution in [0.25, 0.3) is 0 Å². The predicted molar refractivity (Wildman–Crippen MR) is 86.2 cm³/mol. The van der Waals surface area contributed by atoms with Crippen LogP contribution in [0.5, 0.6) is 0 Å². The molecule has 116 valence electrons. The number of rotatable bonds is 12. The second-order valence-corrected chi connectivity index (χ2v) is 6.44. The Morgan fingerprint density at radius 3 is 2.90 bits per heavy atom. The van der Waals surface area contributed by atoms with Gasteiger partial charge in [-0.3, -0.25) is 0 Å². The maximum atomic E-state index is 9.85. The van der Waals surface area contributed by atoms with E-state index in [4.69, 9.17) is 4.74 Å². The van der Waals surface area contributed by atoms with Crippen molar-refractivity contribution >= 4 is 11.3 Å². The van der Waals surface area contributed by atoms with Gasteiger partial charge in [0.1, 0.15) is 0 Å². The van der Waals surface area contributed by atoms with Crippen LogP contribution in [-0.2, 0) is 11.3 Å². The fourth-order valence-electron chi connectivity index (χ4n) is 2.07. The minimum Gasteiger partial charge on any atom is -0.389 e. The number of hydrogen-bond acceptors (Lipinski definition) is 4. The largest absolute Gasteiger partial charge is 0.389 e. The smallest absolute Gasteiger partial charge is 0.0897 e. The normalized spacial score (nSPS) is 14.3. The van der Waals surface area contributed by atoms with E-state index in [2.05, 4.69) is 19.2 Å². The van der Waals surface area contributed by atoms with Gasteiger partial charge in [-0.15, -0.1) is 11.3 Å². The van der Waals surface area contributed by atoms with Crippen molar-refractivity contribution in [2.24, 2.45) is 0 Å². The molecule has 4 heteroatoms. The number of aliphatic hydroxyl groups is 1. The quantitative estimate of drug-likeness (QED) is 0.580. The molecule has 0 spiro atoms. The van der Waals surface area contributed by atoms with Gasteiger partial charge in [0, 0.05) is 17.5 Å². The fraction of sp³-hybridized carbons (Fsp3) is 0.750. The summed E-state index contributed by atoms with van der Waals surface area (Å²) in [7, 11) is 0. The van der Waals surface area contributed by atoms with Crippen molar-refractivity contribution in [1.29, 1.82) is 0 Å². The van der Waals surface area contributed by atoms with Crippen LogP contribution in [0.3, 0.4) is 0 Å². The molecule has 0 saturated carbocycles. The van der Waals surface area contributed by atoms with Crippen LogP contribution >= 0.6 is 11.3 Å². The summed E-state index contributed by atoms with van der Waals surface area (Å²) in [4.78, 5) is 1.20. The molecule has 0 aliphatic carbocycles. The van der Waals surface area contributed by atoms with Gasteiger partial charge in [-0.25, -0.2) is 0 Å². The van der Waals surface area contributed by atoms with E-state index in [1.54, 1.807) is 11.3 Å². The zero-order chi connectivity index (χ0) is 14.6. The lowest BCUT2D eigenvalue weighted by Crippen LogP contribution is -2.35. The maximum Gasteiger partial charge on any atom is 0.0897 e. The van der Waals surface area contributed by atoms with E-state index in [1.165, 1.54) is 37.0 Å². The van der Waals surface area contributed by atoms with Gasteiger partial charge in [0.25, 0.3) is 0 Å². The second kappa shape index (κ2) is 11.3. The monoisotopic (exact) mass is 299 g/mol. The first-order chi connectivity index (χ1) is 9.72. The summed E-state index contributed by atoms with van der Waals surface area (Å²) in [6, 6.07) is 4.54. The molecule has 0 radical (unpaired) electrons. The van der Waals surface area contributed by atoms with Crippen molar-refractivity contribution in [1.82, 2.24) is 5.32 Å². The summed E-state index contributed by atoms with van der Waals surface area (Å²) < 4.78 is 5.51. The highest BCUT2D eigenvalue weighted by atomic mass is 32.1. The first kappa shape index (κ1) is 17.6. The molecular weight excluding hydrogens is 270 g/mol. The third kappa shape index (κ3) is 8.69. The van der Waals surface area contributed by atoms with Gasteiger partial charge in [-0.2, -0.15) is 0 Å². The van der Waals surface area contributed by atoms with Crippen molar-refractivity contribution in [3.63, 3.8) is 0 Å². The summed E-state index contributed by atoms with van der Waals surface area (Å²) in [5.74, 6) is 0. The zero-order valence-electron chi connectivity index (χ0n) is 12.8. The van der Waals surface area contributed by atoms with E-state index >= 15 is 0 Å². The van der Waals surface area contributed by atoms with Crippen molar-refractivity contribution in [3.05, 3.63) is 22.4 Å². The standard InChI is InChI=1S/C16H29NO2S/c1-3-4-5-6-8-14(2)17-11-15(18)12-19-13-16-9-7-10-20-16/h7,9-10,14-15,17-18H,3-6,8,11-13H2,1-2H3. The molecule has 2 unspecified atom stereocenters. The Kier molecular flexibility index (Phi) is 9.93. The van der Waals surface area contributed by atoms with Gasteiger partial charge in [-0.05, 0) is 24.8 Å². The number of nitrogens with one attached hydrogen (secondary N) is 1. The maximum absolute atomic E-state index is 9.85. The predicted octanol–water partition coefficient (Wildman–Crippen LogP) is 3.57. The average Bonchev–Trinajstić information content (AvgIpc) is 2.94. The Labute approximate surface area is 127 Å². The fourth-order valence-corrected chi connectivity index (χ4v) is 2.71.